The maximum atomic E-state index is 2.76. The quantitative estimate of drug-likeness (QED) is 0.356. The lowest BCUT2D eigenvalue weighted by molar-refractivity contribution is 0.153. The number of hydrogen-bond acceptors (Lipinski definition) is 1. The van der Waals surface area contributed by atoms with E-state index in [2.05, 4.69) is 43.0 Å². The molecule has 1 fully saturated rings. The lowest BCUT2D eigenvalue weighted by Gasteiger charge is -2.35. The summed E-state index contributed by atoms with van der Waals surface area (Å²) in [5.74, 6) is 0. The zero-order valence-corrected chi connectivity index (χ0v) is 16.9. The van der Waals surface area contributed by atoms with E-state index in [-0.39, 0.29) is 0 Å². The first-order valence-corrected chi connectivity index (χ1v) is 11.1. The molecule has 0 amide bonds. The Morgan fingerprint density at radius 1 is 0.760 bits per heavy atom. The summed E-state index contributed by atoms with van der Waals surface area (Å²) < 4.78 is 0. The summed E-state index contributed by atoms with van der Waals surface area (Å²) in [6.45, 7) is 7.10. The minimum absolute atomic E-state index is 0.658. The van der Waals surface area contributed by atoms with Gasteiger partial charge in [0, 0.05) is 6.04 Å². The monoisotopic (exact) mass is 343 g/mol. The lowest BCUT2D eigenvalue weighted by atomic mass is 9.95. The Hall–Kier alpha value is -0.820. The Labute approximate surface area is 157 Å². The van der Waals surface area contributed by atoms with E-state index >= 15 is 0 Å². The van der Waals surface area contributed by atoms with E-state index < -0.39 is 0 Å². The lowest BCUT2D eigenvalue weighted by Crippen LogP contribution is -2.33. The van der Waals surface area contributed by atoms with E-state index in [9.17, 15) is 0 Å². The second-order valence-electron chi connectivity index (χ2n) is 8.14. The highest BCUT2D eigenvalue weighted by molar-refractivity contribution is 5.24. The largest absolute Gasteiger partial charge is 0.296 e. The first kappa shape index (κ1) is 20.5. The van der Waals surface area contributed by atoms with Crippen LogP contribution in [0.3, 0.4) is 0 Å². The van der Waals surface area contributed by atoms with Crippen LogP contribution in [0, 0.1) is 6.92 Å². The average molecular weight is 344 g/mol. The van der Waals surface area contributed by atoms with Crippen LogP contribution in [0.5, 0.6) is 0 Å². The SMILES string of the molecule is CCCCCCCCCCCC(c1ccc(C)cc1)N1CCCCC1. The van der Waals surface area contributed by atoms with Gasteiger partial charge in [-0.15, -0.1) is 0 Å². The summed E-state index contributed by atoms with van der Waals surface area (Å²) in [7, 11) is 0. The Balaban J connectivity index is 1.72. The Bertz CT molecular complexity index is 430. The van der Waals surface area contributed by atoms with Gasteiger partial charge < -0.3 is 0 Å². The van der Waals surface area contributed by atoms with Crippen molar-refractivity contribution >= 4 is 0 Å². The molecule has 25 heavy (non-hydrogen) atoms. The predicted octanol–water partition coefficient (Wildman–Crippen LogP) is 7.44. The van der Waals surface area contributed by atoms with Gasteiger partial charge in [0.1, 0.15) is 0 Å². The molecule has 0 N–H and O–H groups in total. The van der Waals surface area contributed by atoms with Crippen LogP contribution < -0.4 is 0 Å². The van der Waals surface area contributed by atoms with Crippen molar-refractivity contribution in [2.45, 2.75) is 103 Å². The summed E-state index contributed by atoms with van der Waals surface area (Å²) >= 11 is 0. The molecule has 1 aromatic carbocycles. The maximum absolute atomic E-state index is 2.76. The van der Waals surface area contributed by atoms with Crippen LogP contribution in [0.1, 0.15) is 108 Å². The van der Waals surface area contributed by atoms with Gasteiger partial charge in [0.2, 0.25) is 0 Å². The first-order chi connectivity index (χ1) is 12.3. The molecule has 1 nitrogen and oxygen atoms in total. The summed E-state index contributed by atoms with van der Waals surface area (Å²) in [4.78, 5) is 2.76. The first-order valence-electron chi connectivity index (χ1n) is 11.1. The van der Waals surface area contributed by atoms with Crippen molar-refractivity contribution in [1.29, 1.82) is 0 Å². The standard InChI is InChI=1S/C24H41N/c1-3-4-5-6-7-8-9-10-12-15-24(25-20-13-11-14-21-25)23-18-16-22(2)17-19-23/h16-19,24H,3-15,20-21H2,1-2H3. The van der Waals surface area contributed by atoms with Crippen LogP contribution >= 0.6 is 0 Å². The van der Waals surface area contributed by atoms with E-state index in [1.54, 1.807) is 5.56 Å². The van der Waals surface area contributed by atoms with E-state index in [0.29, 0.717) is 6.04 Å². The normalized spacial score (nSPS) is 16.9. The fourth-order valence-corrected chi connectivity index (χ4v) is 4.23. The topological polar surface area (TPSA) is 3.24 Å². The zero-order valence-electron chi connectivity index (χ0n) is 16.9. The fourth-order valence-electron chi connectivity index (χ4n) is 4.23. The molecule has 1 atom stereocenters. The Morgan fingerprint density at radius 3 is 1.92 bits per heavy atom. The Morgan fingerprint density at radius 2 is 1.32 bits per heavy atom. The number of benzene rings is 1. The van der Waals surface area contributed by atoms with Crippen molar-refractivity contribution in [2.75, 3.05) is 13.1 Å². The molecule has 1 aliphatic heterocycles. The van der Waals surface area contributed by atoms with Crippen molar-refractivity contribution in [3.8, 4) is 0 Å². The number of unbranched alkanes of at least 4 members (excludes halogenated alkanes) is 8. The maximum Gasteiger partial charge on any atom is 0.0348 e. The molecular formula is C24H41N. The number of likely N-dealkylation sites (tertiary alicyclic amines) is 1. The van der Waals surface area contributed by atoms with Gasteiger partial charge in [-0.2, -0.15) is 0 Å². The van der Waals surface area contributed by atoms with Crippen LogP contribution in [-0.4, -0.2) is 18.0 Å². The molecule has 2 rings (SSSR count). The molecule has 1 aliphatic rings. The summed E-state index contributed by atoms with van der Waals surface area (Å²) in [6.07, 6.45) is 18.4. The average Bonchev–Trinajstić information content (AvgIpc) is 2.65. The van der Waals surface area contributed by atoms with Crippen LogP contribution in [0.2, 0.25) is 0 Å². The van der Waals surface area contributed by atoms with Gasteiger partial charge in [-0.25, -0.2) is 0 Å². The summed E-state index contributed by atoms with van der Waals surface area (Å²) in [5.41, 5.74) is 2.93. The number of rotatable bonds is 12. The molecule has 0 saturated carbocycles. The second-order valence-corrected chi connectivity index (χ2v) is 8.14. The number of nitrogens with zero attached hydrogens (tertiary/aromatic N) is 1. The molecule has 1 aromatic rings. The minimum atomic E-state index is 0.658. The van der Waals surface area contributed by atoms with E-state index in [0.717, 1.165) is 0 Å². The van der Waals surface area contributed by atoms with E-state index in [1.165, 1.54) is 102 Å². The smallest absolute Gasteiger partial charge is 0.0348 e. The highest BCUT2D eigenvalue weighted by atomic mass is 15.2. The van der Waals surface area contributed by atoms with Gasteiger partial charge in [-0.3, -0.25) is 4.90 Å². The van der Waals surface area contributed by atoms with Crippen LogP contribution in [-0.2, 0) is 0 Å². The van der Waals surface area contributed by atoms with Crippen molar-refractivity contribution < 1.29 is 0 Å². The summed E-state index contributed by atoms with van der Waals surface area (Å²) in [5, 5.41) is 0. The molecule has 1 unspecified atom stereocenters. The molecular weight excluding hydrogens is 302 g/mol. The fraction of sp³-hybridized carbons (Fsp3) is 0.750. The van der Waals surface area contributed by atoms with E-state index in [4.69, 9.17) is 0 Å². The van der Waals surface area contributed by atoms with Gasteiger partial charge in [0.15, 0.2) is 0 Å². The van der Waals surface area contributed by atoms with Crippen LogP contribution in [0.15, 0.2) is 24.3 Å². The Kier molecular flexibility index (Phi) is 10.3. The third-order valence-electron chi connectivity index (χ3n) is 5.87. The van der Waals surface area contributed by atoms with Gasteiger partial charge in [-0.1, -0.05) is 101 Å². The van der Waals surface area contributed by atoms with Crippen molar-refractivity contribution in [2.24, 2.45) is 0 Å². The van der Waals surface area contributed by atoms with Gasteiger partial charge in [0.25, 0.3) is 0 Å². The predicted molar refractivity (Wildman–Crippen MR) is 111 cm³/mol. The van der Waals surface area contributed by atoms with Crippen molar-refractivity contribution in [3.63, 3.8) is 0 Å². The van der Waals surface area contributed by atoms with Gasteiger partial charge >= 0.3 is 0 Å². The molecule has 0 aliphatic carbocycles. The highest BCUT2D eigenvalue weighted by Crippen LogP contribution is 2.30. The number of hydrogen-bond donors (Lipinski definition) is 0. The molecule has 1 heteroatoms. The number of piperidine rings is 1. The molecule has 142 valence electrons. The molecule has 1 heterocycles. The van der Waals surface area contributed by atoms with Gasteiger partial charge in [0.05, 0.1) is 0 Å². The summed E-state index contributed by atoms with van der Waals surface area (Å²) in [6, 6.07) is 10.0. The van der Waals surface area contributed by atoms with Crippen LogP contribution in [0.4, 0.5) is 0 Å². The molecule has 0 aromatic heterocycles. The minimum Gasteiger partial charge on any atom is -0.296 e. The molecule has 0 bridgehead atoms. The zero-order chi connectivity index (χ0) is 17.7. The highest BCUT2D eigenvalue weighted by Gasteiger charge is 2.21. The van der Waals surface area contributed by atoms with E-state index in [1.807, 2.05) is 0 Å². The second kappa shape index (κ2) is 12.5. The molecule has 1 saturated heterocycles. The third-order valence-corrected chi connectivity index (χ3v) is 5.87. The molecule has 0 radical (unpaired) electrons. The third kappa shape index (κ3) is 7.94. The van der Waals surface area contributed by atoms with Crippen LogP contribution in [0.25, 0.3) is 0 Å². The molecule has 0 spiro atoms. The number of aryl methyl sites for hydroxylation is 1. The van der Waals surface area contributed by atoms with Crippen molar-refractivity contribution in [3.05, 3.63) is 35.4 Å². The van der Waals surface area contributed by atoms with Gasteiger partial charge in [-0.05, 0) is 44.8 Å². The van der Waals surface area contributed by atoms with Crippen molar-refractivity contribution in [1.82, 2.24) is 4.90 Å².